The monoisotopic (exact) mass is 263 g/mol. The second kappa shape index (κ2) is 4.83. The van der Waals surface area contributed by atoms with Crippen LogP contribution in [-0.4, -0.2) is 18.0 Å². The Morgan fingerprint density at radius 3 is 2.33 bits per heavy atom. The third-order valence-corrected chi connectivity index (χ3v) is 3.38. The number of likely N-dealkylation sites (tertiary alicyclic amines) is 1. The Morgan fingerprint density at radius 1 is 1.20 bits per heavy atom. The Labute approximate surface area is 99.6 Å². The average Bonchev–Trinajstić information content (AvgIpc) is 2.75. The fourth-order valence-corrected chi connectivity index (χ4v) is 2.32. The van der Waals surface area contributed by atoms with Gasteiger partial charge in [0, 0.05) is 4.47 Å². The zero-order valence-corrected chi connectivity index (χ0v) is 10.2. The predicted octanol–water partition coefficient (Wildman–Crippen LogP) is 3.22. The van der Waals surface area contributed by atoms with Crippen LogP contribution in [0.3, 0.4) is 0 Å². The number of halogens is 1. The first-order chi connectivity index (χ1) is 7.31. The predicted molar refractivity (Wildman–Crippen MR) is 66.5 cm³/mol. The molecule has 1 unspecified atom stereocenters. The molecule has 0 aromatic heterocycles. The van der Waals surface area contributed by atoms with E-state index in [2.05, 4.69) is 51.0 Å². The van der Waals surface area contributed by atoms with Gasteiger partial charge in [0.1, 0.15) is 0 Å². The minimum atomic E-state index is 0.153. The zero-order valence-electron chi connectivity index (χ0n) is 8.62. The van der Waals surface area contributed by atoms with Crippen molar-refractivity contribution in [2.45, 2.75) is 18.9 Å². The fourth-order valence-electron chi connectivity index (χ4n) is 2.06. The Balaban J connectivity index is 2.19. The van der Waals surface area contributed by atoms with E-state index in [1.165, 1.54) is 18.4 Å². The minimum Gasteiger partial charge on any atom is -0.286 e. The zero-order chi connectivity index (χ0) is 10.7. The summed E-state index contributed by atoms with van der Waals surface area (Å²) in [6.45, 7) is 2.26. The Hall–Kier alpha value is -0.780. The van der Waals surface area contributed by atoms with Crippen molar-refractivity contribution in [2.24, 2.45) is 0 Å². The Bertz CT molecular complexity index is 357. The van der Waals surface area contributed by atoms with Crippen LogP contribution in [0.4, 0.5) is 0 Å². The number of benzene rings is 1. The summed E-state index contributed by atoms with van der Waals surface area (Å²) in [5, 5.41) is 0. The lowest BCUT2D eigenvalue weighted by atomic mass is 10.1. The molecule has 1 fully saturated rings. The normalized spacial score (nSPS) is 18.7. The van der Waals surface area contributed by atoms with E-state index in [4.69, 9.17) is 6.42 Å². The summed E-state index contributed by atoms with van der Waals surface area (Å²) in [6, 6.07) is 8.46. The maximum atomic E-state index is 5.62. The van der Waals surface area contributed by atoms with E-state index < -0.39 is 0 Å². The molecule has 2 rings (SSSR count). The molecule has 0 radical (unpaired) electrons. The molecular weight excluding hydrogens is 250 g/mol. The van der Waals surface area contributed by atoms with Crippen molar-refractivity contribution in [2.75, 3.05) is 13.1 Å². The van der Waals surface area contributed by atoms with E-state index in [9.17, 15) is 0 Å². The van der Waals surface area contributed by atoms with Gasteiger partial charge in [0.05, 0.1) is 6.04 Å². The van der Waals surface area contributed by atoms with E-state index in [0.717, 1.165) is 17.6 Å². The summed E-state index contributed by atoms with van der Waals surface area (Å²) in [5.74, 6) is 2.89. The molecule has 1 saturated heterocycles. The Kier molecular flexibility index (Phi) is 3.45. The highest BCUT2D eigenvalue weighted by Gasteiger charge is 2.21. The molecule has 0 N–H and O–H groups in total. The Morgan fingerprint density at radius 2 is 1.80 bits per heavy atom. The molecule has 1 nitrogen and oxygen atoms in total. The van der Waals surface area contributed by atoms with Crippen LogP contribution in [0.15, 0.2) is 28.7 Å². The van der Waals surface area contributed by atoms with Crippen molar-refractivity contribution in [3.63, 3.8) is 0 Å². The highest BCUT2D eigenvalue weighted by Crippen LogP contribution is 2.25. The molecule has 15 heavy (non-hydrogen) atoms. The molecule has 1 aromatic rings. The van der Waals surface area contributed by atoms with Gasteiger partial charge in [-0.1, -0.05) is 34.0 Å². The van der Waals surface area contributed by atoms with Crippen molar-refractivity contribution >= 4 is 15.9 Å². The maximum Gasteiger partial charge on any atom is 0.0968 e. The second-order valence-corrected chi connectivity index (χ2v) is 4.78. The van der Waals surface area contributed by atoms with Crippen LogP contribution in [0, 0.1) is 12.3 Å². The quantitative estimate of drug-likeness (QED) is 0.741. The second-order valence-electron chi connectivity index (χ2n) is 3.86. The molecule has 78 valence electrons. The first-order valence-corrected chi connectivity index (χ1v) is 6.06. The summed E-state index contributed by atoms with van der Waals surface area (Å²) in [7, 11) is 0. The summed E-state index contributed by atoms with van der Waals surface area (Å²) >= 11 is 3.43. The van der Waals surface area contributed by atoms with Crippen molar-refractivity contribution in [3.8, 4) is 12.3 Å². The van der Waals surface area contributed by atoms with E-state index in [-0.39, 0.29) is 6.04 Å². The third-order valence-electron chi connectivity index (χ3n) is 2.85. The van der Waals surface area contributed by atoms with Gasteiger partial charge in [0.25, 0.3) is 0 Å². The van der Waals surface area contributed by atoms with Gasteiger partial charge in [-0.05, 0) is 43.6 Å². The largest absolute Gasteiger partial charge is 0.286 e. The number of rotatable bonds is 2. The smallest absolute Gasteiger partial charge is 0.0968 e. The van der Waals surface area contributed by atoms with E-state index in [1.807, 2.05) is 0 Å². The molecule has 1 heterocycles. The average molecular weight is 264 g/mol. The molecular formula is C13H14BrN. The van der Waals surface area contributed by atoms with Crippen molar-refractivity contribution < 1.29 is 0 Å². The van der Waals surface area contributed by atoms with E-state index in [1.54, 1.807) is 0 Å². The van der Waals surface area contributed by atoms with Gasteiger partial charge in [0.2, 0.25) is 0 Å². The van der Waals surface area contributed by atoms with Crippen molar-refractivity contribution in [3.05, 3.63) is 34.3 Å². The molecule has 1 aromatic carbocycles. The van der Waals surface area contributed by atoms with Gasteiger partial charge >= 0.3 is 0 Å². The standard InChI is InChI=1S/C13H14BrN/c1-2-13(15-9-3-4-10-15)11-5-7-12(14)8-6-11/h1,5-8,13H,3-4,9-10H2. The molecule has 0 amide bonds. The van der Waals surface area contributed by atoms with Crippen molar-refractivity contribution in [1.29, 1.82) is 0 Å². The molecule has 0 aliphatic carbocycles. The maximum absolute atomic E-state index is 5.62. The molecule has 0 bridgehead atoms. The molecule has 1 aliphatic rings. The molecule has 1 aliphatic heterocycles. The molecule has 2 heteroatoms. The van der Waals surface area contributed by atoms with Crippen LogP contribution in [-0.2, 0) is 0 Å². The van der Waals surface area contributed by atoms with Crippen LogP contribution in [0.2, 0.25) is 0 Å². The van der Waals surface area contributed by atoms with Crippen molar-refractivity contribution in [1.82, 2.24) is 4.90 Å². The van der Waals surface area contributed by atoms with Gasteiger partial charge in [-0.2, -0.15) is 0 Å². The summed E-state index contributed by atoms with van der Waals surface area (Å²) in [6.07, 6.45) is 8.16. The summed E-state index contributed by atoms with van der Waals surface area (Å²) in [4.78, 5) is 2.38. The number of terminal acetylenes is 1. The molecule has 0 spiro atoms. The highest BCUT2D eigenvalue weighted by molar-refractivity contribution is 9.10. The molecule has 1 atom stereocenters. The van der Waals surface area contributed by atoms with Gasteiger partial charge in [-0.15, -0.1) is 6.42 Å². The van der Waals surface area contributed by atoms with Crippen LogP contribution in [0.1, 0.15) is 24.4 Å². The first-order valence-electron chi connectivity index (χ1n) is 5.27. The van der Waals surface area contributed by atoms with Gasteiger partial charge < -0.3 is 0 Å². The highest BCUT2D eigenvalue weighted by atomic mass is 79.9. The molecule has 0 saturated carbocycles. The SMILES string of the molecule is C#CC(c1ccc(Br)cc1)N1CCCC1. The van der Waals surface area contributed by atoms with E-state index in [0.29, 0.717) is 0 Å². The van der Waals surface area contributed by atoms with Gasteiger partial charge in [-0.3, -0.25) is 4.90 Å². The lowest BCUT2D eigenvalue weighted by Gasteiger charge is -2.23. The number of nitrogens with zero attached hydrogens (tertiary/aromatic N) is 1. The summed E-state index contributed by atoms with van der Waals surface area (Å²) in [5.41, 5.74) is 1.22. The van der Waals surface area contributed by atoms with Crippen LogP contribution < -0.4 is 0 Å². The van der Waals surface area contributed by atoms with Gasteiger partial charge in [-0.25, -0.2) is 0 Å². The fraction of sp³-hybridized carbons (Fsp3) is 0.385. The lowest BCUT2D eigenvalue weighted by Crippen LogP contribution is -2.24. The van der Waals surface area contributed by atoms with Crippen LogP contribution >= 0.6 is 15.9 Å². The van der Waals surface area contributed by atoms with Gasteiger partial charge in [0.15, 0.2) is 0 Å². The first kappa shape index (κ1) is 10.7. The number of hydrogen-bond acceptors (Lipinski definition) is 1. The third kappa shape index (κ3) is 2.42. The summed E-state index contributed by atoms with van der Waals surface area (Å²) < 4.78 is 1.10. The van der Waals surface area contributed by atoms with Crippen LogP contribution in [0.25, 0.3) is 0 Å². The van der Waals surface area contributed by atoms with E-state index >= 15 is 0 Å². The number of hydrogen-bond donors (Lipinski definition) is 0. The lowest BCUT2D eigenvalue weighted by molar-refractivity contribution is 0.296. The topological polar surface area (TPSA) is 3.24 Å². The van der Waals surface area contributed by atoms with Crippen LogP contribution in [0.5, 0.6) is 0 Å². The minimum absolute atomic E-state index is 0.153.